The van der Waals surface area contributed by atoms with Crippen molar-refractivity contribution in [2.24, 2.45) is 0 Å². The second kappa shape index (κ2) is 8.98. The van der Waals surface area contributed by atoms with Crippen molar-refractivity contribution < 1.29 is 9.72 Å². The SMILES string of the molecule is O=C(CN1CCN(c2ccccc2[N+](=O)[O-])CC1)N1CCCCCCC1. The molecule has 1 aromatic rings. The number of hydrogen-bond acceptors (Lipinski definition) is 5. The minimum atomic E-state index is -0.326. The summed E-state index contributed by atoms with van der Waals surface area (Å²) in [5.74, 6) is 0.228. The van der Waals surface area contributed by atoms with Crippen LogP contribution in [-0.2, 0) is 4.79 Å². The standard InChI is InChI=1S/C19H28N4O3/c24-19(22-10-6-2-1-3-7-11-22)16-20-12-14-21(15-13-20)17-8-4-5-9-18(17)23(25)26/h4-5,8-9H,1-3,6-7,10-16H2. The zero-order chi connectivity index (χ0) is 18.4. The van der Waals surface area contributed by atoms with Gasteiger partial charge in [0.15, 0.2) is 0 Å². The van der Waals surface area contributed by atoms with Crippen molar-refractivity contribution in [2.45, 2.75) is 32.1 Å². The normalized spacial score (nSPS) is 19.7. The van der Waals surface area contributed by atoms with Gasteiger partial charge in [0.25, 0.3) is 5.69 Å². The lowest BCUT2D eigenvalue weighted by Gasteiger charge is -2.36. The number of piperazine rings is 1. The van der Waals surface area contributed by atoms with Gasteiger partial charge in [-0.15, -0.1) is 0 Å². The summed E-state index contributed by atoms with van der Waals surface area (Å²) < 4.78 is 0. The van der Waals surface area contributed by atoms with Crippen molar-refractivity contribution in [1.29, 1.82) is 0 Å². The molecule has 2 saturated heterocycles. The Morgan fingerprint density at radius 2 is 1.54 bits per heavy atom. The Labute approximate surface area is 154 Å². The van der Waals surface area contributed by atoms with E-state index in [2.05, 4.69) is 9.80 Å². The van der Waals surface area contributed by atoms with Crippen molar-refractivity contribution >= 4 is 17.3 Å². The molecular formula is C19H28N4O3. The van der Waals surface area contributed by atoms with Crippen molar-refractivity contribution in [3.05, 3.63) is 34.4 Å². The molecule has 0 unspecified atom stereocenters. The highest BCUT2D eigenvalue weighted by molar-refractivity contribution is 5.78. The molecule has 0 aromatic heterocycles. The molecule has 0 aliphatic carbocycles. The second-order valence-corrected chi connectivity index (χ2v) is 7.16. The zero-order valence-electron chi connectivity index (χ0n) is 15.3. The molecule has 7 heteroatoms. The van der Waals surface area contributed by atoms with E-state index < -0.39 is 0 Å². The summed E-state index contributed by atoms with van der Waals surface area (Å²) in [4.78, 5) is 29.7. The Hall–Kier alpha value is -2.15. The number of likely N-dealkylation sites (tertiary alicyclic amines) is 1. The van der Waals surface area contributed by atoms with Gasteiger partial charge in [0.1, 0.15) is 5.69 Å². The van der Waals surface area contributed by atoms with E-state index in [0.717, 1.165) is 39.0 Å². The van der Waals surface area contributed by atoms with E-state index in [1.165, 1.54) is 19.3 Å². The molecular weight excluding hydrogens is 332 g/mol. The molecule has 2 aliphatic rings. The number of hydrogen-bond donors (Lipinski definition) is 0. The van der Waals surface area contributed by atoms with Gasteiger partial charge < -0.3 is 9.80 Å². The Balaban J connectivity index is 1.52. The molecule has 142 valence electrons. The highest BCUT2D eigenvalue weighted by atomic mass is 16.6. The first-order valence-corrected chi connectivity index (χ1v) is 9.63. The average molecular weight is 360 g/mol. The van der Waals surface area contributed by atoms with Crippen LogP contribution < -0.4 is 4.90 Å². The minimum absolute atomic E-state index is 0.151. The molecule has 3 rings (SSSR count). The van der Waals surface area contributed by atoms with E-state index in [-0.39, 0.29) is 16.5 Å². The fraction of sp³-hybridized carbons (Fsp3) is 0.632. The smallest absolute Gasteiger partial charge is 0.292 e. The molecule has 0 radical (unpaired) electrons. The quantitative estimate of drug-likeness (QED) is 0.609. The molecule has 2 fully saturated rings. The van der Waals surface area contributed by atoms with Crippen molar-refractivity contribution in [1.82, 2.24) is 9.80 Å². The van der Waals surface area contributed by atoms with Gasteiger partial charge in [-0.05, 0) is 18.9 Å². The molecule has 2 aliphatic heterocycles. The first kappa shape index (κ1) is 18.6. The molecule has 2 heterocycles. The third-order valence-corrected chi connectivity index (χ3v) is 5.36. The number of benzene rings is 1. The maximum absolute atomic E-state index is 12.6. The fourth-order valence-electron chi connectivity index (χ4n) is 3.82. The summed E-state index contributed by atoms with van der Waals surface area (Å²) in [6.07, 6.45) is 5.95. The number of rotatable bonds is 4. The number of para-hydroxylation sites is 2. The van der Waals surface area contributed by atoms with E-state index in [9.17, 15) is 14.9 Å². The topological polar surface area (TPSA) is 69.9 Å². The van der Waals surface area contributed by atoms with Crippen LogP contribution >= 0.6 is 0 Å². The van der Waals surface area contributed by atoms with Gasteiger partial charge in [0.2, 0.25) is 5.91 Å². The average Bonchev–Trinajstić information content (AvgIpc) is 2.62. The van der Waals surface area contributed by atoms with Crippen LogP contribution in [0.3, 0.4) is 0 Å². The Morgan fingerprint density at radius 3 is 2.19 bits per heavy atom. The number of nitro groups is 1. The monoisotopic (exact) mass is 360 g/mol. The minimum Gasteiger partial charge on any atom is -0.363 e. The van der Waals surface area contributed by atoms with Crippen LogP contribution in [0.2, 0.25) is 0 Å². The maximum Gasteiger partial charge on any atom is 0.292 e. The van der Waals surface area contributed by atoms with Crippen molar-refractivity contribution in [2.75, 3.05) is 50.7 Å². The molecule has 0 N–H and O–H groups in total. The van der Waals surface area contributed by atoms with Crippen molar-refractivity contribution in [3.8, 4) is 0 Å². The maximum atomic E-state index is 12.6. The van der Waals surface area contributed by atoms with E-state index >= 15 is 0 Å². The van der Waals surface area contributed by atoms with Gasteiger partial charge in [-0.3, -0.25) is 19.8 Å². The summed E-state index contributed by atoms with van der Waals surface area (Å²) >= 11 is 0. The Kier molecular flexibility index (Phi) is 6.44. The van der Waals surface area contributed by atoms with Crippen LogP contribution in [0.4, 0.5) is 11.4 Å². The lowest BCUT2D eigenvalue weighted by atomic mass is 10.1. The molecule has 7 nitrogen and oxygen atoms in total. The summed E-state index contributed by atoms with van der Waals surface area (Å²) in [6, 6.07) is 6.88. The van der Waals surface area contributed by atoms with E-state index in [1.54, 1.807) is 18.2 Å². The molecule has 26 heavy (non-hydrogen) atoms. The van der Waals surface area contributed by atoms with Gasteiger partial charge in [-0.1, -0.05) is 31.4 Å². The lowest BCUT2D eigenvalue weighted by Crippen LogP contribution is -2.50. The fourth-order valence-corrected chi connectivity index (χ4v) is 3.82. The highest BCUT2D eigenvalue weighted by Crippen LogP contribution is 2.28. The van der Waals surface area contributed by atoms with Gasteiger partial charge in [-0.25, -0.2) is 0 Å². The lowest BCUT2D eigenvalue weighted by molar-refractivity contribution is -0.384. The van der Waals surface area contributed by atoms with E-state index in [1.807, 2.05) is 11.0 Å². The largest absolute Gasteiger partial charge is 0.363 e. The highest BCUT2D eigenvalue weighted by Gasteiger charge is 2.25. The molecule has 0 spiro atoms. The first-order chi connectivity index (χ1) is 12.6. The number of carbonyl (C=O) groups excluding carboxylic acids is 1. The Bertz CT molecular complexity index is 621. The number of anilines is 1. The zero-order valence-corrected chi connectivity index (χ0v) is 15.3. The Morgan fingerprint density at radius 1 is 0.923 bits per heavy atom. The van der Waals surface area contributed by atoms with Crippen LogP contribution in [0.25, 0.3) is 0 Å². The molecule has 1 aromatic carbocycles. The first-order valence-electron chi connectivity index (χ1n) is 9.63. The van der Waals surface area contributed by atoms with Gasteiger partial charge in [0.05, 0.1) is 11.5 Å². The van der Waals surface area contributed by atoms with Crippen LogP contribution in [-0.4, -0.2) is 66.4 Å². The number of nitro benzene ring substituents is 1. The summed E-state index contributed by atoms with van der Waals surface area (Å²) in [5, 5.41) is 11.2. The molecule has 0 saturated carbocycles. The van der Waals surface area contributed by atoms with Gasteiger partial charge in [-0.2, -0.15) is 0 Å². The third kappa shape index (κ3) is 4.72. The molecule has 0 atom stereocenters. The summed E-state index contributed by atoms with van der Waals surface area (Å²) in [5.41, 5.74) is 0.824. The molecule has 1 amide bonds. The van der Waals surface area contributed by atoms with Crippen LogP contribution in [0.5, 0.6) is 0 Å². The van der Waals surface area contributed by atoms with Crippen LogP contribution in [0.1, 0.15) is 32.1 Å². The summed E-state index contributed by atoms with van der Waals surface area (Å²) in [6.45, 7) is 5.16. The van der Waals surface area contributed by atoms with Crippen molar-refractivity contribution in [3.63, 3.8) is 0 Å². The number of nitrogens with zero attached hydrogens (tertiary/aromatic N) is 4. The van der Waals surface area contributed by atoms with E-state index in [0.29, 0.717) is 25.3 Å². The molecule has 0 bridgehead atoms. The van der Waals surface area contributed by atoms with E-state index in [4.69, 9.17) is 0 Å². The van der Waals surface area contributed by atoms with Crippen LogP contribution in [0.15, 0.2) is 24.3 Å². The third-order valence-electron chi connectivity index (χ3n) is 5.36. The summed E-state index contributed by atoms with van der Waals surface area (Å²) in [7, 11) is 0. The van der Waals surface area contributed by atoms with Gasteiger partial charge >= 0.3 is 0 Å². The van der Waals surface area contributed by atoms with Gasteiger partial charge in [0, 0.05) is 45.3 Å². The predicted octanol–water partition coefficient (Wildman–Crippen LogP) is 2.51. The predicted molar refractivity (Wildman–Crippen MR) is 101 cm³/mol. The number of carbonyl (C=O) groups is 1. The number of amides is 1. The second-order valence-electron chi connectivity index (χ2n) is 7.16. The van der Waals surface area contributed by atoms with Crippen LogP contribution in [0, 0.1) is 10.1 Å².